The second-order valence-corrected chi connectivity index (χ2v) is 4.90. The number of carbonyl (C=O) groups is 1. The van der Waals surface area contributed by atoms with E-state index < -0.39 is 0 Å². The highest BCUT2D eigenvalue weighted by atomic mass is 16.5. The standard InChI is InChI=1S/C13H22N4O2/c1-15-6-4-14-12(15)11-17-9-7-16(8-10-17)5-3-13(18)19-2/h4,6H,3,5,7-11H2,1-2H3. The molecule has 2 rings (SSSR count). The Hall–Kier alpha value is -1.40. The van der Waals surface area contributed by atoms with Gasteiger partial charge in [-0.3, -0.25) is 9.69 Å². The fourth-order valence-corrected chi connectivity index (χ4v) is 2.27. The molecule has 1 aromatic heterocycles. The van der Waals surface area contributed by atoms with Crippen molar-refractivity contribution in [2.45, 2.75) is 13.0 Å². The largest absolute Gasteiger partial charge is 0.469 e. The smallest absolute Gasteiger partial charge is 0.306 e. The summed E-state index contributed by atoms with van der Waals surface area (Å²) in [6.45, 7) is 5.74. The van der Waals surface area contributed by atoms with Gasteiger partial charge in [0.15, 0.2) is 0 Å². The zero-order valence-corrected chi connectivity index (χ0v) is 11.7. The molecule has 1 aliphatic heterocycles. The van der Waals surface area contributed by atoms with Gasteiger partial charge in [0.05, 0.1) is 20.1 Å². The van der Waals surface area contributed by atoms with Crippen molar-refractivity contribution in [2.75, 3.05) is 39.8 Å². The molecule has 0 radical (unpaired) electrons. The molecule has 19 heavy (non-hydrogen) atoms. The number of hydrogen-bond acceptors (Lipinski definition) is 5. The first-order chi connectivity index (χ1) is 9.19. The van der Waals surface area contributed by atoms with Crippen molar-refractivity contribution in [3.05, 3.63) is 18.2 Å². The van der Waals surface area contributed by atoms with Gasteiger partial charge in [-0.05, 0) is 0 Å². The average Bonchev–Trinajstić information content (AvgIpc) is 2.83. The number of piperazine rings is 1. The van der Waals surface area contributed by atoms with Gasteiger partial charge in [0.25, 0.3) is 0 Å². The van der Waals surface area contributed by atoms with Crippen LogP contribution in [-0.2, 0) is 23.1 Å². The molecule has 6 heteroatoms. The summed E-state index contributed by atoms with van der Waals surface area (Å²) in [5.74, 6) is 0.971. The number of imidazole rings is 1. The molecule has 0 unspecified atom stereocenters. The third-order valence-electron chi connectivity index (χ3n) is 3.61. The van der Waals surface area contributed by atoms with Gasteiger partial charge in [0.2, 0.25) is 0 Å². The van der Waals surface area contributed by atoms with E-state index >= 15 is 0 Å². The molecule has 0 amide bonds. The Kier molecular flexibility index (Phi) is 4.93. The lowest BCUT2D eigenvalue weighted by Gasteiger charge is -2.34. The van der Waals surface area contributed by atoms with Crippen LogP contribution in [0.15, 0.2) is 12.4 Å². The van der Waals surface area contributed by atoms with Gasteiger partial charge in [-0.2, -0.15) is 0 Å². The summed E-state index contributed by atoms with van der Waals surface area (Å²) < 4.78 is 6.72. The van der Waals surface area contributed by atoms with E-state index in [2.05, 4.69) is 24.1 Å². The molecule has 106 valence electrons. The quantitative estimate of drug-likeness (QED) is 0.708. The number of aryl methyl sites for hydroxylation is 1. The van der Waals surface area contributed by atoms with Crippen LogP contribution in [-0.4, -0.2) is 65.2 Å². The fourth-order valence-electron chi connectivity index (χ4n) is 2.27. The van der Waals surface area contributed by atoms with Crippen molar-refractivity contribution in [3.63, 3.8) is 0 Å². The average molecular weight is 266 g/mol. The van der Waals surface area contributed by atoms with E-state index in [9.17, 15) is 4.79 Å². The molecular formula is C13H22N4O2. The number of esters is 1. The molecule has 0 atom stereocenters. The molecule has 1 fully saturated rings. The summed E-state index contributed by atoms with van der Waals surface area (Å²) in [5, 5.41) is 0. The Bertz CT molecular complexity index is 411. The summed E-state index contributed by atoms with van der Waals surface area (Å²) in [7, 11) is 3.46. The first-order valence-electron chi connectivity index (χ1n) is 6.67. The molecule has 6 nitrogen and oxygen atoms in total. The number of rotatable bonds is 5. The predicted molar refractivity (Wildman–Crippen MR) is 71.6 cm³/mol. The van der Waals surface area contributed by atoms with E-state index in [4.69, 9.17) is 0 Å². The van der Waals surface area contributed by atoms with Crippen molar-refractivity contribution < 1.29 is 9.53 Å². The lowest BCUT2D eigenvalue weighted by atomic mass is 10.3. The maximum atomic E-state index is 11.1. The summed E-state index contributed by atoms with van der Waals surface area (Å²) in [6.07, 6.45) is 4.29. The van der Waals surface area contributed by atoms with Gasteiger partial charge in [0, 0.05) is 52.2 Å². The van der Waals surface area contributed by atoms with Gasteiger partial charge in [-0.15, -0.1) is 0 Å². The van der Waals surface area contributed by atoms with Crippen LogP contribution in [0.3, 0.4) is 0 Å². The van der Waals surface area contributed by atoms with Crippen molar-refractivity contribution in [1.82, 2.24) is 19.4 Å². The van der Waals surface area contributed by atoms with Crippen LogP contribution in [0.2, 0.25) is 0 Å². The van der Waals surface area contributed by atoms with Gasteiger partial charge in [0.1, 0.15) is 5.82 Å². The highest BCUT2D eigenvalue weighted by molar-refractivity contribution is 5.69. The monoisotopic (exact) mass is 266 g/mol. The van der Waals surface area contributed by atoms with Crippen molar-refractivity contribution >= 4 is 5.97 Å². The Morgan fingerprint density at radius 1 is 1.32 bits per heavy atom. The second kappa shape index (κ2) is 6.68. The number of nitrogens with zero attached hydrogens (tertiary/aromatic N) is 4. The number of ether oxygens (including phenoxy) is 1. The first kappa shape index (κ1) is 14.0. The van der Waals surface area contributed by atoms with Crippen LogP contribution in [0, 0.1) is 0 Å². The third kappa shape index (κ3) is 4.04. The summed E-state index contributed by atoms with van der Waals surface area (Å²) in [6, 6.07) is 0. The molecule has 1 aromatic rings. The van der Waals surface area contributed by atoms with Crippen LogP contribution in [0.5, 0.6) is 0 Å². The number of aromatic nitrogens is 2. The van der Waals surface area contributed by atoms with Crippen LogP contribution < -0.4 is 0 Å². The number of hydrogen-bond donors (Lipinski definition) is 0. The van der Waals surface area contributed by atoms with E-state index in [0.29, 0.717) is 6.42 Å². The normalized spacial score (nSPS) is 17.6. The predicted octanol–water partition coefficient (Wildman–Crippen LogP) is 0.101. The molecule has 2 heterocycles. The zero-order valence-electron chi connectivity index (χ0n) is 11.7. The Morgan fingerprint density at radius 2 is 2.00 bits per heavy atom. The van der Waals surface area contributed by atoms with Crippen molar-refractivity contribution in [2.24, 2.45) is 7.05 Å². The third-order valence-corrected chi connectivity index (χ3v) is 3.61. The van der Waals surface area contributed by atoms with E-state index in [1.165, 1.54) is 7.11 Å². The van der Waals surface area contributed by atoms with Gasteiger partial charge < -0.3 is 14.2 Å². The Balaban J connectivity index is 1.70. The molecular weight excluding hydrogens is 244 g/mol. The van der Waals surface area contributed by atoms with Crippen LogP contribution in [0.1, 0.15) is 12.2 Å². The lowest BCUT2D eigenvalue weighted by molar-refractivity contribution is -0.141. The van der Waals surface area contributed by atoms with Crippen molar-refractivity contribution in [3.8, 4) is 0 Å². The molecule has 0 bridgehead atoms. The van der Waals surface area contributed by atoms with E-state index in [-0.39, 0.29) is 5.97 Å². The highest BCUT2D eigenvalue weighted by Gasteiger charge is 2.18. The molecule has 1 saturated heterocycles. The van der Waals surface area contributed by atoms with Crippen molar-refractivity contribution in [1.29, 1.82) is 0 Å². The van der Waals surface area contributed by atoms with Gasteiger partial charge in [-0.1, -0.05) is 0 Å². The topological polar surface area (TPSA) is 50.6 Å². The molecule has 0 saturated carbocycles. The SMILES string of the molecule is COC(=O)CCN1CCN(Cc2nccn2C)CC1. The van der Waals surface area contributed by atoms with E-state index in [1.54, 1.807) is 0 Å². The van der Waals surface area contributed by atoms with Gasteiger partial charge in [-0.25, -0.2) is 4.98 Å². The van der Waals surface area contributed by atoms with Crippen LogP contribution in [0.25, 0.3) is 0 Å². The van der Waals surface area contributed by atoms with Gasteiger partial charge >= 0.3 is 5.97 Å². The number of methoxy groups -OCH3 is 1. The minimum absolute atomic E-state index is 0.129. The fraction of sp³-hybridized carbons (Fsp3) is 0.692. The first-order valence-corrected chi connectivity index (χ1v) is 6.67. The summed E-state index contributed by atoms with van der Waals surface area (Å²) in [5.41, 5.74) is 0. The van der Waals surface area contributed by atoms with Crippen LogP contribution >= 0.6 is 0 Å². The maximum Gasteiger partial charge on any atom is 0.306 e. The summed E-state index contributed by atoms with van der Waals surface area (Å²) >= 11 is 0. The molecule has 0 N–H and O–H groups in total. The molecule has 0 spiro atoms. The molecule has 1 aliphatic rings. The summed E-state index contributed by atoms with van der Waals surface area (Å²) in [4.78, 5) is 20.2. The molecule has 0 aliphatic carbocycles. The highest BCUT2D eigenvalue weighted by Crippen LogP contribution is 2.07. The lowest BCUT2D eigenvalue weighted by Crippen LogP contribution is -2.46. The number of carbonyl (C=O) groups excluding carboxylic acids is 1. The molecule has 0 aromatic carbocycles. The van der Waals surface area contributed by atoms with E-state index in [0.717, 1.165) is 45.1 Å². The van der Waals surface area contributed by atoms with Crippen LogP contribution in [0.4, 0.5) is 0 Å². The van der Waals surface area contributed by atoms with E-state index in [1.807, 2.05) is 19.4 Å². The Morgan fingerprint density at radius 3 is 2.58 bits per heavy atom. The minimum atomic E-state index is -0.129. The zero-order chi connectivity index (χ0) is 13.7. The Labute approximate surface area is 114 Å². The minimum Gasteiger partial charge on any atom is -0.469 e. The second-order valence-electron chi connectivity index (χ2n) is 4.90. The maximum absolute atomic E-state index is 11.1.